The van der Waals surface area contributed by atoms with Crippen molar-refractivity contribution in [1.29, 1.82) is 0 Å². The molecule has 2 heterocycles. The first kappa shape index (κ1) is 19.6. The van der Waals surface area contributed by atoms with Crippen LogP contribution in [0.1, 0.15) is 12.8 Å². The van der Waals surface area contributed by atoms with Crippen molar-refractivity contribution in [3.63, 3.8) is 0 Å². The third-order valence-electron chi connectivity index (χ3n) is 5.22. The molecule has 144 valence electrons. The van der Waals surface area contributed by atoms with Crippen molar-refractivity contribution in [3.8, 4) is 0 Å². The Balaban J connectivity index is 1.66. The first-order valence-electron chi connectivity index (χ1n) is 8.76. The molecule has 0 aromatic heterocycles. The molecule has 2 aliphatic rings. The highest BCUT2D eigenvalue weighted by atomic mass is 35.5. The summed E-state index contributed by atoms with van der Waals surface area (Å²) in [4.78, 5) is 14.2. The predicted molar refractivity (Wildman–Crippen MR) is 100 cm³/mol. The van der Waals surface area contributed by atoms with Gasteiger partial charge in [0.2, 0.25) is 15.9 Å². The van der Waals surface area contributed by atoms with Crippen LogP contribution < -0.4 is 10.9 Å². The van der Waals surface area contributed by atoms with Crippen molar-refractivity contribution in [1.82, 2.24) is 20.1 Å². The number of nitrogens with zero attached hydrogens (tertiary/aromatic N) is 2. The fourth-order valence-corrected chi connectivity index (χ4v) is 5.56. The van der Waals surface area contributed by atoms with E-state index < -0.39 is 10.0 Å². The van der Waals surface area contributed by atoms with E-state index in [0.29, 0.717) is 24.7 Å². The Hall–Kier alpha value is -1.19. The molecular weight excluding hydrogens is 376 g/mol. The maximum absolute atomic E-state index is 12.8. The van der Waals surface area contributed by atoms with Crippen molar-refractivity contribution in [2.45, 2.75) is 23.8 Å². The summed E-state index contributed by atoms with van der Waals surface area (Å²) in [5.74, 6) is 0.234. The number of nitrogens with one attached hydrogen (secondary N) is 2. The smallest absolute Gasteiger partial charge is 0.243 e. The van der Waals surface area contributed by atoms with Crippen molar-refractivity contribution < 1.29 is 13.2 Å². The molecular formula is C17H25ClN4O3S. The Kier molecular flexibility index (Phi) is 5.88. The van der Waals surface area contributed by atoms with Crippen LogP contribution in [-0.2, 0) is 14.8 Å². The number of benzene rings is 1. The van der Waals surface area contributed by atoms with Gasteiger partial charge in [-0.1, -0.05) is 17.7 Å². The number of halogens is 1. The fraction of sp³-hybridized carbons (Fsp3) is 0.588. The van der Waals surface area contributed by atoms with E-state index in [2.05, 4.69) is 10.9 Å². The standard InChI is InChI=1S/C17H25ClN4O3S/c1-21(2)17(23)15-11-19-20-16(15)12-6-8-22(9-7-12)26(24,25)14-5-3-4-13(18)10-14/h3-5,10,12,15-16,19-20H,6-9,11H2,1-2H3. The zero-order valence-corrected chi connectivity index (χ0v) is 16.6. The number of hydrogen-bond donors (Lipinski definition) is 2. The number of amides is 1. The van der Waals surface area contributed by atoms with Gasteiger partial charge >= 0.3 is 0 Å². The van der Waals surface area contributed by atoms with Crippen LogP contribution in [0.3, 0.4) is 0 Å². The number of carbonyl (C=O) groups excluding carboxylic acids is 1. The van der Waals surface area contributed by atoms with E-state index in [4.69, 9.17) is 11.6 Å². The minimum atomic E-state index is -3.54. The molecule has 26 heavy (non-hydrogen) atoms. The minimum absolute atomic E-state index is 0.0286. The Labute approximate surface area is 159 Å². The number of hydrazine groups is 1. The van der Waals surface area contributed by atoms with Crippen LogP contribution in [0.4, 0.5) is 0 Å². The van der Waals surface area contributed by atoms with E-state index in [0.717, 1.165) is 12.8 Å². The van der Waals surface area contributed by atoms with E-state index in [1.54, 1.807) is 37.2 Å². The topological polar surface area (TPSA) is 81.8 Å². The Morgan fingerprint density at radius 3 is 2.58 bits per heavy atom. The van der Waals surface area contributed by atoms with Crippen molar-refractivity contribution in [2.75, 3.05) is 33.7 Å². The summed E-state index contributed by atoms with van der Waals surface area (Å²) in [6, 6.07) is 6.39. The number of sulfonamides is 1. The van der Waals surface area contributed by atoms with E-state index in [-0.39, 0.29) is 28.7 Å². The van der Waals surface area contributed by atoms with Crippen LogP contribution >= 0.6 is 11.6 Å². The van der Waals surface area contributed by atoms with Gasteiger partial charge in [0, 0.05) is 44.8 Å². The monoisotopic (exact) mass is 400 g/mol. The highest BCUT2D eigenvalue weighted by molar-refractivity contribution is 7.89. The largest absolute Gasteiger partial charge is 0.348 e. The second-order valence-electron chi connectivity index (χ2n) is 7.09. The molecule has 1 aromatic rings. The normalized spacial score (nSPS) is 25.3. The van der Waals surface area contributed by atoms with E-state index in [1.807, 2.05) is 0 Å². The fourth-order valence-electron chi connectivity index (χ4n) is 3.79. The number of rotatable bonds is 4. The lowest BCUT2D eigenvalue weighted by Crippen LogP contribution is -2.48. The van der Waals surface area contributed by atoms with Crippen LogP contribution in [0.25, 0.3) is 0 Å². The summed E-state index contributed by atoms with van der Waals surface area (Å²) in [6.07, 6.45) is 1.44. The van der Waals surface area contributed by atoms with Crippen molar-refractivity contribution >= 4 is 27.5 Å². The van der Waals surface area contributed by atoms with Crippen LogP contribution in [0, 0.1) is 11.8 Å². The molecule has 2 unspecified atom stereocenters. The van der Waals surface area contributed by atoms with Gasteiger partial charge in [0.1, 0.15) is 0 Å². The molecule has 1 aromatic carbocycles. The number of piperidine rings is 1. The Morgan fingerprint density at radius 2 is 1.96 bits per heavy atom. The molecule has 0 bridgehead atoms. The molecule has 0 radical (unpaired) electrons. The van der Waals surface area contributed by atoms with Crippen molar-refractivity contribution in [3.05, 3.63) is 29.3 Å². The third kappa shape index (κ3) is 3.89. The van der Waals surface area contributed by atoms with Gasteiger partial charge in [-0.15, -0.1) is 0 Å². The lowest BCUT2D eigenvalue weighted by Gasteiger charge is -2.35. The Morgan fingerprint density at radius 1 is 1.27 bits per heavy atom. The molecule has 1 amide bonds. The van der Waals surface area contributed by atoms with Gasteiger partial charge in [0.05, 0.1) is 10.8 Å². The average molecular weight is 401 g/mol. The van der Waals surface area contributed by atoms with Gasteiger partial charge in [0.15, 0.2) is 0 Å². The zero-order chi connectivity index (χ0) is 18.9. The van der Waals surface area contributed by atoms with Crippen molar-refractivity contribution in [2.24, 2.45) is 11.8 Å². The summed E-state index contributed by atoms with van der Waals surface area (Å²) >= 11 is 5.94. The first-order chi connectivity index (χ1) is 12.3. The molecule has 2 fully saturated rings. The second-order valence-corrected chi connectivity index (χ2v) is 9.46. The molecule has 0 saturated carbocycles. The van der Waals surface area contributed by atoms with E-state index in [9.17, 15) is 13.2 Å². The Bertz CT molecular complexity index is 763. The van der Waals surface area contributed by atoms with Gasteiger partial charge in [-0.2, -0.15) is 4.31 Å². The SMILES string of the molecule is CN(C)C(=O)C1CNNC1C1CCN(S(=O)(=O)c2cccc(Cl)c2)CC1. The predicted octanol–water partition coefficient (Wildman–Crippen LogP) is 0.922. The summed E-state index contributed by atoms with van der Waals surface area (Å²) < 4.78 is 27.1. The lowest BCUT2D eigenvalue weighted by molar-refractivity contribution is -0.133. The van der Waals surface area contributed by atoms with Gasteiger partial charge < -0.3 is 4.90 Å². The van der Waals surface area contributed by atoms with Crippen LogP contribution in [0.15, 0.2) is 29.2 Å². The molecule has 0 spiro atoms. The average Bonchev–Trinajstić information content (AvgIpc) is 3.10. The molecule has 2 N–H and O–H groups in total. The maximum atomic E-state index is 12.8. The quantitative estimate of drug-likeness (QED) is 0.785. The van der Waals surface area contributed by atoms with E-state index >= 15 is 0 Å². The lowest BCUT2D eigenvalue weighted by atomic mass is 9.83. The zero-order valence-electron chi connectivity index (χ0n) is 15.0. The van der Waals surface area contributed by atoms with E-state index in [1.165, 1.54) is 10.4 Å². The van der Waals surface area contributed by atoms with Gasteiger partial charge in [-0.3, -0.25) is 15.6 Å². The molecule has 2 saturated heterocycles. The summed E-state index contributed by atoms with van der Waals surface area (Å²) in [5.41, 5.74) is 6.31. The maximum Gasteiger partial charge on any atom is 0.243 e. The van der Waals surface area contributed by atoms with Crippen LogP contribution in [-0.4, -0.2) is 63.3 Å². The molecule has 9 heteroatoms. The highest BCUT2D eigenvalue weighted by Crippen LogP contribution is 2.30. The molecule has 0 aliphatic carbocycles. The molecule has 3 rings (SSSR count). The number of hydrogen-bond acceptors (Lipinski definition) is 5. The first-order valence-corrected chi connectivity index (χ1v) is 10.6. The summed E-state index contributed by atoms with van der Waals surface area (Å²) in [5, 5.41) is 0.409. The number of carbonyl (C=O) groups is 1. The van der Waals surface area contributed by atoms with Gasteiger partial charge in [0.25, 0.3) is 0 Å². The van der Waals surface area contributed by atoms with Crippen LogP contribution in [0.5, 0.6) is 0 Å². The van der Waals surface area contributed by atoms with Crippen LogP contribution in [0.2, 0.25) is 5.02 Å². The molecule has 2 aliphatic heterocycles. The molecule has 2 atom stereocenters. The summed E-state index contributed by atoms with van der Waals surface area (Å²) in [6.45, 7) is 1.49. The molecule has 7 nitrogen and oxygen atoms in total. The minimum Gasteiger partial charge on any atom is -0.348 e. The van der Waals surface area contributed by atoms with Gasteiger partial charge in [-0.25, -0.2) is 8.42 Å². The highest BCUT2D eigenvalue weighted by Gasteiger charge is 2.41. The second kappa shape index (κ2) is 7.82. The van der Waals surface area contributed by atoms with Gasteiger partial charge in [-0.05, 0) is 37.0 Å². The third-order valence-corrected chi connectivity index (χ3v) is 7.35. The summed E-state index contributed by atoms with van der Waals surface area (Å²) in [7, 11) is -0.0135.